The molecule has 0 spiro atoms. The van der Waals surface area contributed by atoms with Crippen LogP contribution in [0.15, 0.2) is 24.4 Å². The molecule has 1 aromatic heterocycles. The van der Waals surface area contributed by atoms with Gasteiger partial charge in [0.1, 0.15) is 5.82 Å². The average molecular weight is 310 g/mol. The van der Waals surface area contributed by atoms with Gasteiger partial charge in [-0.1, -0.05) is 11.6 Å². The smallest absolute Gasteiger partial charge is 0.278 e. The average Bonchev–Trinajstić information content (AvgIpc) is 2.41. The molecule has 1 N–H and O–H groups in total. The molecule has 0 unspecified atom stereocenters. The summed E-state index contributed by atoms with van der Waals surface area (Å²) in [5, 5.41) is 14.3. The first-order valence-corrected chi connectivity index (χ1v) is 6.56. The van der Waals surface area contributed by atoms with E-state index in [-0.39, 0.29) is 17.9 Å². The minimum absolute atomic E-state index is 0.0355. The van der Waals surface area contributed by atoms with E-state index < -0.39 is 10.7 Å². The molecule has 1 heterocycles. The molecule has 110 valence electrons. The molecule has 21 heavy (non-hydrogen) atoms. The van der Waals surface area contributed by atoms with Gasteiger partial charge in [-0.05, 0) is 32.0 Å². The van der Waals surface area contributed by atoms with Gasteiger partial charge < -0.3 is 5.32 Å². The fraction of sp³-hybridized carbons (Fsp3) is 0.214. The molecule has 1 aromatic carbocycles. The summed E-state index contributed by atoms with van der Waals surface area (Å²) in [6.07, 6.45) is 1.44. The zero-order valence-corrected chi connectivity index (χ0v) is 12.2. The van der Waals surface area contributed by atoms with Crippen LogP contribution in [0.5, 0.6) is 0 Å². The summed E-state index contributed by atoms with van der Waals surface area (Å²) in [5.41, 5.74) is 1.72. The van der Waals surface area contributed by atoms with E-state index in [9.17, 15) is 14.5 Å². The number of hydrogen-bond acceptors (Lipinski definition) is 4. The highest BCUT2D eigenvalue weighted by Gasteiger charge is 2.18. The van der Waals surface area contributed by atoms with Crippen molar-refractivity contribution in [1.29, 1.82) is 0 Å². The molecule has 5 nitrogen and oxygen atoms in total. The van der Waals surface area contributed by atoms with E-state index in [1.807, 2.05) is 0 Å². The van der Waals surface area contributed by atoms with Gasteiger partial charge in [0.05, 0.1) is 28.4 Å². The molecule has 0 saturated heterocycles. The maximum Gasteiger partial charge on any atom is 0.278 e. The van der Waals surface area contributed by atoms with Crippen LogP contribution in [0, 0.1) is 29.8 Å². The quantitative estimate of drug-likeness (QED) is 0.684. The lowest BCUT2D eigenvalue weighted by molar-refractivity contribution is -0.386. The largest absolute Gasteiger partial charge is 0.377 e. The minimum Gasteiger partial charge on any atom is -0.377 e. The first-order valence-electron chi connectivity index (χ1n) is 6.18. The number of nitrogens with one attached hydrogen (secondary N) is 1. The zero-order chi connectivity index (χ0) is 15.6. The molecule has 0 saturated carbocycles. The van der Waals surface area contributed by atoms with Crippen LogP contribution in [-0.2, 0) is 6.54 Å². The monoisotopic (exact) mass is 309 g/mol. The first kappa shape index (κ1) is 15.2. The lowest BCUT2D eigenvalue weighted by atomic mass is 10.1. The summed E-state index contributed by atoms with van der Waals surface area (Å²) in [4.78, 5) is 14.8. The number of anilines is 1. The third-order valence-electron chi connectivity index (χ3n) is 3.13. The third-order valence-corrected chi connectivity index (χ3v) is 3.37. The van der Waals surface area contributed by atoms with Gasteiger partial charge in [-0.3, -0.25) is 15.1 Å². The van der Waals surface area contributed by atoms with E-state index in [0.29, 0.717) is 21.8 Å². The summed E-state index contributed by atoms with van der Waals surface area (Å²) in [7, 11) is 0. The minimum atomic E-state index is -0.446. The molecule has 2 aromatic rings. The SMILES string of the molecule is Cc1cnc(CNc2cc(Cl)ccc2F)c(C)c1[N+](=O)[O-]. The highest BCUT2D eigenvalue weighted by atomic mass is 35.5. The van der Waals surface area contributed by atoms with E-state index in [1.54, 1.807) is 13.8 Å². The molecular formula is C14H13ClFN3O2. The number of aryl methyl sites for hydroxylation is 1. The third kappa shape index (κ3) is 3.28. The van der Waals surface area contributed by atoms with Gasteiger partial charge >= 0.3 is 0 Å². The van der Waals surface area contributed by atoms with Crippen molar-refractivity contribution in [2.24, 2.45) is 0 Å². The number of rotatable bonds is 4. The predicted molar refractivity (Wildman–Crippen MR) is 79.1 cm³/mol. The van der Waals surface area contributed by atoms with Crippen LogP contribution in [-0.4, -0.2) is 9.91 Å². The Morgan fingerprint density at radius 2 is 2.14 bits per heavy atom. The van der Waals surface area contributed by atoms with Crippen molar-refractivity contribution in [3.63, 3.8) is 0 Å². The maximum atomic E-state index is 13.6. The molecular weight excluding hydrogens is 297 g/mol. The van der Waals surface area contributed by atoms with Gasteiger partial charge in [-0.25, -0.2) is 4.39 Å². The van der Waals surface area contributed by atoms with Crippen molar-refractivity contribution < 1.29 is 9.31 Å². The van der Waals surface area contributed by atoms with E-state index in [2.05, 4.69) is 10.3 Å². The molecule has 7 heteroatoms. The van der Waals surface area contributed by atoms with Gasteiger partial charge in [-0.15, -0.1) is 0 Å². The lowest BCUT2D eigenvalue weighted by Crippen LogP contribution is -2.08. The maximum absolute atomic E-state index is 13.6. The van der Waals surface area contributed by atoms with Crippen LogP contribution in [0.3, 0.4) is 0 Å². The molecule has 0 amide bonds. The number of pyridine rings is 1. The number of nitrogens with zero attached hydrogens (tertiary/aromatic N) is 2. The normalized spacial score (nSPS) is 10.5. The first-order chi connectivity index (χ1) is 9.90. The van der Waals surface area contributed by atoms with Crippen LogP contribution >= 0.6 is 11.6 Å². The van der Waals surface area contributed by atoms with E-state index in [1.165, 1.54) is 24.4 Å². The number of hydrogen-bond donors (Lipinski definition) is 1. The second kappa shape index (κ2) is 6.05. The van der Waals surface area contributed by atoms with Crippen molar-refractivity contribution in [2.75, 3.05) is 5.32 Å². The Kier molecular flexibility index (Phi) is 4.37. The van der Waals surface area contributed by atoms with E-state index >= 15 is 0 Å². The molecule has 0 radical (unpaired) electrons. The number of benzene rings is 1. The van der Waals surface area contributed by atoms with Crippen molar-refractivity contribution >= 4 is 23.0 Å². The Bertz CT molecular complexity index is 707. The Morgan fingerprint density at radius 1 is 1.43 bits per heavy atom. The fourth-order valence-electron chi connectivity index (χ4n) is 2.04. The second-order valence-electron chi connectivity index (χ2n) is 4.60. The topological polar surface area (TPSA) is 68.1 Å². The van der Waals surface area contributed by atoms with Crippen molar-refractivity contribution in [3.8, 4) is 0 Å². The molecule has 0 bridgehead atoms. The molecule has 0 aliphatic carbocycles. The number of nitro groups is 1. The van der Waals surface area contributed by atoms with Gasteiger partial charge in [0.2, 0.25) is 0 Å². The van der Waals surface area contributed by atoms with Crippen molar-refractivity contribution in [1.82, 2.24) is 4.98 Å². The molecule has 0 aliphatic rings. The Labute approximate surface area is 125 Å². The van der Waals surface area contributed by atoms with Gasteiger partial charge in [0.25, 0.3) is 5.69 Å². The van der Waals surface area contributed by atoms with Crippen LogP contribution in [0.1, 0.15) is 16.8 Å². The van der Waals surface area contributed by atoms with E-state index in [0.717, 1.165) is 0 Å². The summed E-state index contributed by atoms with van der Waals surface area (Å²) in [5.74, 6) is -0.446. The molecule has 0 aliphatic heterocycles. The fourth-order valence-corrected chi connectivity index (χ4v) is 2.21. The lowest BCUT2D eigenvalue weighted by Gasteiger charge is -2.10. The summed E-state index contributed by atoms with van der Waals surface area (Å²) in [6.45, 7) is 3.43. The van der Waals surface area contributed by atoms with Gasteiger partial charge in [0.15, 0.2) is 0 Å². The predicted octanol–water partition coefficient (Wildman–Crippen LogP) is 4.01. The van der Waals surface area contributed by atoms with Gasteiger partial charge in [-0.2, -0.15) is 0 Å². The Hall–Kier alpha value is -2.21. The highest BCUT2D eigenvalue weighted by molar-refractivity contribution is 6.30. The van der Waals surface area contributed by atoms with E-state index in [4.69, 9.17) is 11.6 Å². The Balaban J connectivity index is 2.27. The molecule has 2 rings (SSSR count). The summed E-state index contributed by atoms with van der Waals surface area (Å²) < 4.78 is 13.6. The van der Waals surface area contributed by atoms with Crippen LogP contribution < -0.4 is 5.32 Å². The van der Waals surface area contributed by atoms with Gasteiger partial charge in [0, 0.05) is 16.8 Å². The summed E-state index contributed by atoms with van der Waals surface area (Å²) in [6, 6.07) is 4.15. The Morgan fingerprint density at radius 3 is 2.81 bits per heavy atom. The van der Waals surface area contributed by atoms with Crippen molar-refractivity contribution in [3.05, 3.63) is 62.2 Å². The summed E-state index contributed by atoms with van der Waals surface area (Å²) >= 11 is 5.81. The van der Waals surface area contributed by atoms with Crippen LogP contribution in [0.2, 0.25) is 5.02 Å². The molecule has 0 fully saturated rings. The highest BCUT2D eigenvalue weighted by Crippen LogP contribution is 2.25. The number of aromatic nitrogens is 1. The van der Waals surface area contributed by atoms with Crippen LogP contribution in [0.25, 0.3) is 0 Å². The number of halogens is 2. The molecule has 0 atom stereocenters. The second-order valence-corrected chi connectivity index (χ2v) is 5.03. The standard InChI is InChI=1S/C14H13ClFN3O2/c1-8-6-17-13(9(2)14(8)19(20)21)7-18-12-5-10(15)3-4-11(12)16/h3-6,18H,7H2,1-2H3. The van der Waals surface area contributed by atoms with Crippen LogP contribution in [0.4, 0.5) is 15.8 Å². The zero-order valence-electron chi connectivity index (χ0n) is 11.5. The van der Waals surface area contributed by atoms with Crippen molar-refractivity contribution in [2.45, 2.75) is 20.4 Å².